The molecule has 2 N–H and O–H groups in total. The van der Waals surface area contributed by atoms with E-state index in [1.54, 1.807) is 25.1 Å². The second kappa shape index (κ2) is 6.76. The average molecular weight is 347 g/mol. The molecule has 2 aromatic rings. The number of esters is 1. The van der Waals surface area contributed by atoms with Crippen molar-refractivity contribution in [3.8, 4) is 11.8 Å². The van der Waals surface area contributed by atoms with Crippen molar-refractivity contribution in [2.45, 2.75) is 18.2 Å². The molecule has 1 heterocycles. The Kier molecular flexibility index (Phi) is 4.95. The van der Waals surface area contributed by atoms with E-state index in [1.807, 2.05) is 6.07 Å². The molecule has 7 nitrogen and oxygen atoms in total. The average Bonchev–Trinajstić information content (AvgIpc) is 2.90. The fourth-order valence-electron chi connectivity index (χ4n) is 2.40. The van der Waals surface area contributed by atoms with Crippen LogP contribution in [0, 0.1) is 11.3 Å². The highest BCUT2D eigenvalue weighted by Crippen LogP contribution is 2.29. The normalized spacial score (nSPS) is 11.0. The smallest absolute Gasteiger partial charge is 0.357 e. The highest BCUT2D eigenvalue weighted by molar-refractivity contribution is 7.91. The Balaban J connectivity index is 2.80. The van der Waals surface area contributed by atoms with Gasteiger partial charge in [-0.05, 0) is 18.6 Å². The molecule has 0 spiro atoms. The van der Waals surface area contributed by atoms with Gasteiger partial charge >= 0.3 is 5.97 Å². The number of nitriles is 1. The lowest BCUT2D eigenvalue weighted by molar-refractivity contribution is 0.0593. The largest absolute Gasteiger partial charge is 0.464 e. The van der Waals surface area contributed by atoms with E-state index < -0.39 is 15.8 Å². The van der Waals surface area contributed by atoms with Crippen LogP contribution in [0.4, 0.5) is 5.69 Å². The molecule has 2 rings (SSSR count). The van der Waals surface area contributed by atoms with Crippen molar-refractivity contribution in [2.75, 3.05) is 18.6 Å². The number of benzene rings is 1. The number of hydrogen-bond acceptors (Lipinski definition) is 6. The lowest BCUT2D eigenvalue weighted by atomic mass is 10.2. The van der Waals surface area contributed by atoms with Gasteiger partial charge in [0.2, 0.25) is 0 Å². The number of sulfone groups is 1. The fraction of sp³-hybridized carbons (Fsp3) is 0.250. The van der Waals surface area contributed by atoms with E-state index in [1.165, 1.54) is 23.9 Å². The Morgan fingerprint density at radius 1 is 1.38 bits per heavy atom. The second-order valence-electron chi connectivity index (χ2n) is 5.07. The van der Waals surface area contributed by atoms with Gasteiger partial charge in [0.15, 0.2) is 15.5 Å². The van der Waals surface area contributed by atoms with Crippen LogP contribution in [-0.2, 0) is 14.6 Å². The topological polar surface area (TPSA) is 115 Å². The number of methoxy groups -OCH3 is 1. The van der Waals surface area contributed by atoms with Crippen molar-refractivity contribution in [3.63, 3.8) is 0 Å². The van der Waals surface area contributed by atoms with Gasteiger partial charge < -0.3 is 15.0 Å². The van der Waals surface area contributed by atoms with Crippen molar-refractivity contribution < 1.29 is 17.9 Å². The van der Waals surface area contributed by atoms with Crippen molar-refractivity contribution in [1.29, 1.82) is 5.26 Å². The molecule has 0 aliphatic rings. The van der Waals surface area contributed by atoms with Crippen LogP contribution in [0.5, 0.6) is 0 Å². The maximum Gasteiger partial charge on any atom is 0.357 e. The number of nitrogens with zero attached hydrogens (tertiary/aromatic N) is 2. The molecule has 0 saturated heterocycles. The van der Waals surface area contributed by atoms with E-state index in [4.69, 9.17) is 15.7 Å². The van der Waals surface area contributed by atoms with Crippen LogP contribution < -0.4 is 5.73 Å². The van der Waals surface area contributed by atoms with Crippen LogP contribution in [0.2, 0.25) is 0 Å². The number of nitrogens with two attached hydrogens (primary N) is 1. The molecule has 0 saturated carbocycles. The van der Waals surface area contributed by atoms with Gasteiger partial charge in [0, 0.05) is 6.20 Å². The predicted molar refractivity (Wildman–Crippen MR) is 88.6 cm³/mol. The summed E-state index contributed by atoms with van der Waals surface area (Å²) in [6.07, 6.45) is 1.79. The van der Waals surface area contributed by atoms with E-state index in [2.05, 4.69) is 0 Å². The van der Waals surface area contributed by atoms with Gasteiger partial charge in [0.05, 0.1) is 34.7 Å². The lowest BCUT2D eigenvalue weighted by Crippen LogP contribution is -2.15. The van der Waals surface area contributed by atoms with Crippen LogP contribution >= 0.6 is 0 Å². The zero-order valence-corrected chi connectivity index (χ0v) is 14.1. The molecular formula is C16H17N3O4S. The van der Waals surface area contributed by atoms with Crippen LogP contribution in [0.15, 0.2) is 35.4 Å². The number of hydrogen-bond donors (Lipinski definition) is 1. The summed E-state index contributed by atoms with van der Waals surface area (Å²) in [5.74, 6) is -0.781. The van der Waals surface area contributed by atoms with Crippen LogP contribution in [-0.4, -0.2) is 31.8 Å². The van der Waals surface area contributed by atoms with E-state index in [0.717, 1.165) is 0 Å². The third-order valence-corrected chi connectivity index (χ3v) is 5.44. The minimum Gasteiger partial charge on any atom is -0.464 e. The molecule has 0 unspecified atom stereocenters. The Bertz CT molecular complexity index is 923. The van der Waals surface area contributed by atoms with E-state index >= 15 is 0 Å². The Hall–Kier alpha value is -2.79. The number of carbonyl (C=O) groups is 1. The summed E-state index contributed by atoms with van der Waals surface area (Å²) < 4.78 is 31.0. The Morgan fingerprint density at radius 3 is 2.62 bits per heavy atom. The Labute approximate surface area is 140 Å². The molecule has 126 valence electrons. The molecule has 24 heavy (non-hydrogen) atoms. The van der Waals surface area contributed by atoms with Gasteiger partial charge in [-0.2, -0.15) is 5.26 Å². The minimum absolute atomic E-state index is 0.0283. The number of anilines is 1. The molecule has 0 aliphatic heterocycles. The number of rotatable bonds is 5. The molecule has 0 fully saturated rings. The van der Waals surface area contributed by atoms with Crippen molar-refractivity contribution in [1.82, 2.24) is 4.57 Å². The standard InChI is InChI=1S/C16H17N3O4S/c1-3-8-24(21,22)13-7-5-4-6-12(13)19-10-11(9-17)14(18)15(19)16(20)23-2/h4-7,10H,3,8,18H2,1-2H3. The summed E-state index contributed by atoms with van der Waals surface area (Å²) in [6, 6.07) is 8.14. The van der Waals surface area contributed by atoms with Crippen LogP contribution in [0.25, 0.3) is 5.69 Å². The zero-order chi connectivity index (χ0) is 17.9. The van der Waals surface area contributed by atoms with E-state index in [0.29, 0.717) is 6.42 Å². The maximum absolute atomic E-state index is 12.5. The molecule has 0 atom stereocenters. The molecule has 1 aromatic carbocycles. The molecule has 0 amide bonds. The number of nitrogen functional groups attached to an aromatic ring is 1. The van der Waals surface area contributed by atoms with Gasteiger partial charge in [-0.15, -0.1) is 0 Å². The number of aromatic nitrogens is 1. The van der Waals surface area contributed by atoms with Crippen molar-refractivity contribution in [3.05, 3.63) is 41.7 Å². The highest BCUT2D eigenvalue weighted by Gasteiger charge is 2.25. The van der Waals surface area contributed by atoms with Gasteiger partial charge in [-0.1, -0.05) is 19.1 Å². The summed E-state index contributed by atoms with van der Waals surface area (Å²) in [6.45, 7) is 1.77. The van der Waals surface area contributed by atoms with Gasteiger partial charge in [0.25, 0.3) is 0 Å². The molecule has 0 bridgehead atoms. The first-order valence-corrected chi connectivity index (χ1v) is 8.84. The van der Waals surface area contributed by atoms with E-state index in [9.17, 15) is 13.2 Å². The lowest BCUT2D eigenvalue weighted by Gasteiger charge is -2.13. The highest BCUT2D eigenvalue weighted by atomic mass is 32.2. The second-order valence-corrected chi connectivity index (χ2v) is 7.14. The molecule has 1 aromatic heterocycles. The summed E-state index contributed by atoms with van der Waals surface area (Å²) in [5.41, 5.74) is 6.05. The number of para-hydroxylation sites is 1. The zero-order valence-electron chi connectivity index (χ0n) is 13.3. The quantitative estimate of drug-likeness (QED) is 0.826. The molecule has 0 aliphatic carbocycles. The van der Waals surface area contributed by atoms with Crippen molar-refractivity contribution >= 4 is 21.5 Å². The SMILES string of the molecule is CCCS(=O)(=O)c1ccccc1-n1cc(C#N)c(N)c1C(=O)OC. The number of carbonyl (C=O) groups excluding carboxylic acids is 1. The molecular weight excluding hydrogens is 330 g/mol. The summed E-state index contributed by atoms with van der Waals surface area (Å²) >= 11 is 0. The summed E-state index contributed by atoms with van der Waals surface area (Å²) in [4.78, 5) is 12.1. The third kappa shape index (κ3) is 2.98. The maximum atomic E-state index is 12.5. The third-order valence-electron chi connectivity index (χ3n) is 3.48. The first-order chi connectivity index (χ1) is 11.4. The van der Waals surface area contributed by atoms with Crippen LogP contribution in [0.1, 0.15) is 29.4 Å². The van der Waals surface area contributed by atoms with Crippen LogP contribution in [0.3, 0.4) is 0 Å². The summed E-state index contributed by atoms with van der Waals surface area (Å²) in [7, 11) is -2.36. The minimum atomic E-state index is -3.55. The van der Waals surface area contributed by atoms with E-state index in [-0.39, 0.29) is 33.3 Å². The molecule has 8 heteroatoms. The Morgan fingerprint density at radius 2 is 2.04 bits per heavy atom. The van der Waals surface area contributed by atoms with Gasteiger partial charge in [-0.25, -0.2) is 13.2 Å². The van der Waals surface area contributed by atoms with Gasteiger partial charge in [0.1, 0.15) is 6.07 Å². The van der Waals surface area contributed by atoms with Gasteiger partial charge in [-0.3, -0.25) is 0 Å². The predicted octanol–water partition coefficient (Wildman–Crippen LogP) is 1.90. The fourth-order valence-corrected chi connectivity index (χ4v) is 3.93. The summed E-state index contributed by atoms with van der Waals surface area (Å²) in [5, 5.41) is 9.16. The first kappa shape index (κ1) is 17.6. The monoisotopic (exact) mass is 347 g/mol. The molecule has 0 radical (unpaired) electrons. The number of ether oxygens (including phenoxy) is 1. The first-order valence-electron chi connectivity index (χ1n) is 7.18. The van der Waals surface area contributed by atoms with Crippen molar-refractivity contribution in [2.24, 2.45) is 0 Å².